The number of hydrogen-bond donors (Lipinski definition) is 4. The van der Waals surface area contributed by atoms with Crippen molar-refractivity contribution in [2.24, 2.45) is 0 Å². The van der Waals surface area contributed by atoms with E-state index in [1.54, 1.807) is 0 Å². The van der Waals surface area contributed by atoms with Crippen LogP contribution in [0.2, 0.25) is 0 Å². The van der Waals surface area contributed by atoms with E-state index in [9.17, 15) is 14.7 Å². The Kier molecular flexibility index (Phi) is 2.93. The fraction of sp³-hybridized carbons (Fsp3) is 0.500. The summed E-state index contributed by atoms with van der Waals surface area (Å²) in [6.07, 6.45) is 3.12. The van der Waals surface area contributed by atoms with Crippen LogP contribution < -0.4 is 10.9 Å². The van der Waals surface area contributed by atoms with Gasteiger partial charge in [0.05, 0.1) is 17.3 Å². The molecule has 0 radical (unpaired) electrons. The molecule has 8 nitrogen and oxygen atoms in total. The van der Waals surface area contributed by atoms with E-state index in [2.05, 4.69) is 20.6 Å². The van der Waals surface area contributed by atoms with E-state index in [1.807, 2.05) is 4.68 Å². The van der Waals surface area contributed by atoms with E-state index in [4.69, 9.17) is 0 Å². The molecule has 8 heteroatoms. The van der Waals surface area contributed by atoms with Crippen LogP contribution in [0, 0.1) is 0 Å². The number of hydrogen-bond acceptors (Lipinski definition) is 4. The second-order valence-electron chi connectivity index (χ2n) is 5.83. The molecule has 2 aromatic rings. The summed E-state index contributed by atoms with van der Waals surface area (Å²) >= 11 is 0. The van der Waals surface area contributed by atoms with Crippen LogP contribution in [0.4, 0.5) is 0 Å². The molecule has 2 aliphatic rings. The van der Waals surface area contributed by atoms with Crippen molar-refractivity contribution in [3.05, 3.63) is 27.3 Å². The normalized spacial score (nSPS) is 18.0. The fourth-order valence-electron chi connectivity index (χ4n) is 3.55. The highest BCUT2D eigenvalue weighted by molar-refractivity contribution is 5.95. The molecule has 0 bridgehead atoms. The Morgan fingerprint density at radius 2 is 2.00 bits per heavy atom. The van der Waals surface area contributed by atoms with Gasteiger partial charge in [0.1, 0.15) is 0 Å². The van der Waals surface area contributed by atoms with Gasteiger partial charge < -0.3 is 10.4 Å². The number of aromatic nitrogens is 4. The first-order valence-electron chi connectivity index (χ1n) is 7.52. The Labute approximate surface area is 125 Å². The van der Waals surface area contributed by atoms with Crippen molar-refractivity contribution < 1.29 is 9.90 Å². The summed E-state index contributed by atoms with van der Waals surface area (Å²) in [5, 5.41) is 22.6. The van der Waals surface area contributed by atoms with Gasteiger partial charge in [-0.1, -0.05) is 0 Å². The van der Waals surface area contributed by atoms with E-state index < -0.39 is 5.97 Å². The largest absolute Gasteiger partial charge is 0.476 e. The van der Waals surface area contributed by atoms with Crippen LogP contribution >= 0.6 is 0 Å². The zero-order valence-corrected chi connectivity index (χ0v) is 12.0. The predicted molar refractivity (Wildman–Crippen MR) is 78.1 cm³/mol. The number of aromatic carboxylic acids is 1. The van der Waals surface area contributed by atoms with Gasteiger partial charge in [0, 0.05) is 11.3 Å². The highest BCUT2D eigenvalue weighted by Gasteiger charge is 2.33. The number of carboxylic acid groups (broad SMARTS) is 1. The van der Waals surface area contributed by atoms with Gasteiger partial charge in [-0.25, -0.2) is 4.79 Å². The van der Waals surface area contributed by atoms with Crippen LogP contribution in [0.15, 0.2) is 4.79 Å². The van der Waals surface area contributed by atoms with Gasteiger partial charge in [0.25, 0.3) is 5.56 Å². The number of nitrogens with zero attached hydrogens (tertiary/aromatic N) is 2. The Balaban J connectivity index is 1.90. The topological polar surface area (TPSA) is 116 Å². The second-order valence-corrected chi connectivity index (χ2v) is 5.83. The number of nitrogens with one attached hydrogen (secondary N) is 3. The monoisotopic (exact) mass is 303 g/mol. The summed E-state index contributed by atoms with van der Waals surface area (Å²) in [6, 6.07) is 0.218. The molecular formula is C14H17N5O3. The summed E-state index contributed by atoms with van der Waals surface area (Å²) < 4.78 is 1.88. The average molecular weight is 303 g/mol. The summed E-state index contributed by atoms with van der Waals surface area (Å²) in [5.41, 5.74) is 2.57. The zero-order valence-electron chi connectivity index (χ0n) is 12.0. The van der Waals surface area contributed by atoms with Crippen LogP contribution in [0.5, 0.6) is 0 Å². The predicted octanol–water partition coefficient (Wildman–Crippen LogP) is 0.288. The molecule has 0 atom stereocenters. The van der Waals surface area contributed by atoms with Crippen molar-refractivity contribution in [2.75, 3.05) is 13.1 Å². The van der Waals surface area contributed by atoms with Gasteiger partial charge in [0.15, 0.2) is 5.69 Å². The van der Waals surface area contributed by atoms with Gasteiger partial charge in [-0.2, -0.15) is 5.10 Å². The first kappa shape index (κ1) is 13.3. The molecule has 0 saturated carbocycles. The number of carboxylic acids is 1. The molecule has 1 saturated heterocycles. The molecule has 1 aliphatic carbocycles. The Morgan fingerprint density at radius 1 is 1.23 bits per heavy atom. The third-order valence-electron chi connectivity index (χ3n) is 4.61. The standard InChI is InChI=1S/C14H17N5O3/c20-13-8-1-2-9-10(11(8)16-17-13)12(14(21)22)18-19(9)7-3-5-15-6-4-7/h7,15H,1-6H2,(H,21,22)(H2,16,17,20). The van der Waals surface area contributed by atoms with Crippen molar-refractivity contribution in [3.8, 4) is 11.3 Å². The van der Waals surface area contributed by atoms with Crippen LogP contribution in [0.25, 0.3) is 11.3 Å². The molecule has 3 heterocycles. The lowest BCUT2D eigenvalue weighted by atomic mass is 9.93. The maximum Gasteiger partial charge on any atom is 0.357 e. The molecule has 4 rings (SSSR count). The zero-order chi connectivity index (χ0) is 15.3. The van der Waals surface area contributed by atoms with Crippen LogP contribution in [-0.2, 0) is 12.8 Å². The molecule has 1 aliphatic heterocycles. The lowest BCUT2D eigenvalue weighted by molar-refractivity contribution is 0.0689. The average Bonchev–Trinajstić information content (AvgIpc) is 3.09. The summed E-state index contributed by atoms with van der Waals surface area (Å²) in [6.45, 7) is 1.82. The molecule has 22 heavy (non-hydrogen) atoms. The number of piperidine rings is 1. The number of H-pyrrole nitrogens is 2. The summed E-state index contributed by atoms with van der Waals surface area (Å²) in [5.74, 6) is -1.06. The lowest BCUT2D eigenvalue weighted by Crippen LogP contribution is -2.31. The number of fused-ring (bicyclic) bond motifs is 3. The maximum absolute atomic E-state index is 11.8. The summed E-state index contributed by atoms with van der Waals surface area (Å²) in [7, 11) is 0. The molecule has 1 fully saturated rings. The lowest BCUT2D eigenvalue weighted by Gasteiger charge is -2.25. The molecule has 116 valence electrons. The Morgan fingerprint density at radius 3 is 2.73 bits per heavy atom. The van der Waals surface area contributed by atoms with Crippen molar-refractivity contribution in [1.82, 2.24) is 25.3 Å². The first-order chi connectivity index (χ1) is 10.7. The summed E-state index contributed by atoms with van der Waals surface area (Å²) in [4.78, 5) is 23.4. The molecule has 2 aromatic heterocycles. The smallest absolute Gasteiger partial charge is 0.357 e. The van der Waals surface area contributed by atoms with Gasteiger partial charge in [0.2, 0.25) is 0 Å². The van der Waals surface area contributed by atoms with E-state index in [-0.39, 0.29) is 17.3 Å². The van der Waals surface area contributed by atoms with Crippen LogP contribution in [0.1, 0.15) is 40.6 Å². The van der Waals surface area contributed by atoms with E-state index in [0.717, 1.165) is 31.6 Å². The highest BCUT2D eigenvalue weighted by atomic mass is 16.4. The third-order valence-corrected chi connectivity index (χ3v) is 4.61. The minimum atomic E-state index is -1.06. The van der Waals surface area contributed by atoms with Gasteiger partial charge in [-0.15, -0.1) is 0 Å². The molecule has 0 spiro atoms. The van der Waals surface area contributed by atoms with Crippen molar-refractivity contribution in [2.45, 2.75) is 31.7 Å². The molecule has 0 aromatic carbocycles. The number of carbonyl (C=O) groups is 1. The van der Waals surface area contributed by atoms with E-state index in [1.165, 1.54) is 0 Å². The number of rotatable bonds is 2. The quantitative estimate of drug-likeness (QED) is 0.636. The SMILES string of the molecule is O=C(O)c1nn(C2CCNCC2)c2c1-c1[nH][nH]c(=O)c1CC2. The van der Waals surface area contributed by atoms with E-state index >= 15 is 0 Å². The van der Waals surface area contributed by atoms with Crippen LogP contribution in [0.3, 0.4) is 0 Å². The molecular weight excluding hydrogens is 286 g/mol. The first-order valence-corrected chi connectivity index (χ1v) is 7.52. The Bertz CT molecular complexity index is 794. The van der Waals surface area contributed by atoms with Gasteiger partial charge in [-0.05, 0) is 38.8 Å². The highest BCUT2D eigenvalue weighted by Crippen LogP contribution is 2.35. The van der Waals surface area contributed by atoms with Crippen LogP contribution in [-0.4, -0.2) is 44.1 Å². The van der Waals surface area contributed by atoms with Crippen molar-refractivity contribution in [3.63, 3.8) is 0 Å². The minimum Gasteiger partial charge on any atom is -0.476 e. The van der Waals surface area contributed by atoms with Crippen molar-refractivity contribution >= 4 is 5.97 Å². The minimum absolute atomic E-state index is 0.0322. The fourth-order valence-corrected chi connectivity index (χ4v) is 3.55. The molecule has 0 amide bonds. The second kappa shape index (κ2) is 4.84. The van der Waals surface area contributed by atoms with Gasteiger partial charge >= 0.3 is 5.97 Å². The van der Waals surface area contributed by atoms with E-state index in [0.29, 0.717) is 29.7 Å². The molecule has 4 N–H and O–H groups in total. The van der Waals surface area contributed by atoms with Crippen molar-refractivity contribution in [1.29, 1.82) is 0 Å². The Hall–Kier alpha value is -2.35. The maximum atomic E-state index is 11.8. The third kappa shape index (κ3) is 1.83. The molecule has 0 unspecified atom stereocenters. The van der Waals surface area contributed by atoms with Gasteiger partial charge in [-0.3, -0.25) is 19.7 Å². The number of aromatic amines is 2.